The van der Waals surface area contributed by atoms with Gasteiger partial charge in [0.1, 0.15) is 5.92 Å². The summed E-state index contributed by atoms with van der Waals surface area (Å²) in [6, 6.07) is 7.46. The quantitative estimate of drug-likeness (QED) is 0.331. The van der Waals surface area contributed by atoms with Crippen LogP contribution in [0.15, 0.2) is 29.4 Å². The predicted molar refractivity (Wildman–Crippen MR) is 81.1 cm³/mol. The van der Waals surface area contributed by atoms with Crippen molar-refractivity contribution in [2.75, 3.05) is 24.3 Å². The molecule has 0 aliphatic rings. The highest BCUT2D eigenvalue weighted by Crippen LogP contribution is 2.25. The Morgan fingerprint density at radius 1 is 1.35 bits per heavy atom. The third kappa shape index (κ3) is 3.63. The summed E-state index contributed by atoms with van der Waals surface area (Å²) < 4.78 is 0. The maximum Gasteiger partial charge on any atom is 0.235 e. The number of nitrogens with one attached hydrogen (secondary N) is 1. The van der Waals surface area contributed by atoms with Gasteiger partial charge in [-0.3, -0.25) is 4.79 Å². The van der Waals surface area contributed by atoms with Gasteiger partial charge in [-0.2, -0.15) is 0 Å². The Kier molecular flexibility index (Phi) is 5.37. The van der Waals surface area contributed by atoms with Crippen molar-refractivity contribution in [1.29, 1.82) is 0 Å². The number of anilines is 2. The van der Waals surface area contributed by atoms with Crippen LogP contribution in [-0.2, 0) is 4.79 Å². The fourth-order valence-corrected chi connectivity index (χ4v) is 2.02. The molecule has 0 heterocycles. The number of benzene rings is 1. The molecule has 110 valence electrons. The maximum absolute atomic E-state index is 12.3. The van der Waals surface area contributed by atoms with Crippen LogP contribution >= 0.6 is 0 Å². The summed E-state index contributed by atoms with van der Waals surface area (Å²) in [5.74, 6) is -1.11. The molecule has 6 nitrogen and oxygen atoms in total. The van der Waals surface area contributed by atoms with Crippen molar-refractivity contribution in [3.63, 3.8) is 0 Å². The highest BCUT2D eigenvalue weighted by atomic mass is 16.4. The second kappa shape index (κ2) is 6.79. The summed E-state index contributed by atoms with van der Waals surface area (Å²) in [6.07, 6.45) is 0. The van der Waals surface area contributed by atoms with Crippen molar-refractivity contribution >= 4 is 23.1 Å². The first-order chi connectivity index (χ1) is 9.38. The van der Waals surface area contributed by atoms with Gasteiger partial charge >= 0.3 is 0 Å². The molecule has 0 spiro atoms. The Labute approximate surface area is 119 Å². The normalized spacial score (nSPS) is 13.2. The van der Waals surface area contributed by atoms with Crippen LogP contribution in [0.4, 0.5) is 11.4 Å². The van der Waals surface area contributed by atoms with Crippen LogP contribution < -0.4 is 16.0 Å². The van der Waals surface area contributed by atoms with Crippen LogP contribution in [0.25, 0.3) is 0 Å². The van der Waals surface area contributed by atoms with Gasteiger partial charge in [0, 0.05) is 14.1 Å². The van der Waals surface area contributed by atoms with E-state index < -0.39 is 5.92 Å². The lowest BCUT2D eigenvalue weighted by atomic mass is 9.93. The van der Waals surface area contributed by atoms with Crippen molar-refractivity contribution < 1.29 is 10.0 Å². The van der Waals surface area contributed by atoms with Gasteiger partial charge in [0.15, 0.2) is 5.84 Å². The Hall–Kier alpha value is -2.24. The number of carbonyl (C=O) groups excluding carboxylic acids is 1. The number of hydrogen-bond acceptors (Lipinski definition) is 4. The summed E-state index contributed by atoms with van der Waals surface area (Å²) in [7, 11) is 3.79. The van der Waals surface area contributed by atoms with Gasteiger partial charge in [-0.15, -0.1) is 0 Å². The minimum absolute atomic E-state index is 0.0718. The second-order valence-corrected chi connectivity index (χ2v) is 5.15. The zero-order valence-corrected chi connectivity index (χ0v) is 12.3. The number of amides is 1. The van der Waals surface area contributed by atoms with Crippen LogP contribution in [0.1, 0.15) is 13.8 Å². The van der Waals surface area contributed by atoms with E-state index in [4.69, 9.17) is 10.9 Å². The van der Waals surface area contributed by atoms with Crippen LogP contribution in [0, 0.1) is 11.8 Å². The van der Waals surface area contributed by atoms with E-state index in [-0.39, 0.29) is 17.7 Å². The average Bonchev–Trinajstić information content (AvgIpc) is 2.38. The summed E-state index contributed by atoms with van der Waals surface area (Å²) in [4.78, 5) is 14.2. The van der Waals surface area contributed by atoms with E-state index in [1.807, 2.05) is 57.1 Å². The molecule has 1 rings (SSSR count). The molecular formula is C14H22N4O2. The molecule has 0 aliphatic carbocycles. The molecule has 1 aromatic carbocycles. The Balaban J connectivity index is 3.00. The molecule has 1 amide bonds. The third-order valence-corrected chi connectivity index (χ3v) is 3.03. The van der Waals surface area contributed by atoms with Crippen molar-refractivity contribution in [3.05, 3.63) is 24.3 Å². The number of rotatable bonds is 5. The summed E-state index contributed by atoms with van der Waals surface area (Å²) in [6.45, 7) is 3.69. The minimum Gasteiger partial charge on any atom is -0.409 e. The van der Waals surface area contributed by atoms with E-state index in [0.29, 0.717) is 5.69 Å². The molecule has 0 saturated carbocycles. The standard InChI is InChI=1S/C14H22N4O2/c1-9(2)12(13(15)17-20)14(19)16-10-7-5-6-8-11(10)18(3)4/h5-9,12,20H,1-4H3,(H2,15,17)(H,16,19). The zero-order chi connectivity index (χ0) is 15.3. The average molecular weight is 278 g/mol. The van der Waals surface area contributed by atoms with Crippen LogP contribution in [0.2, 0.25) is 0 Å². The summed E-state index contributed by atoms with van der Waals surface area (Å²) in [5.41, 5.74) is 7.18. The second-order valence-electron chi connectivity index (χ2n) is 5.15. The number of nitrogens with zero attached hydrogens (tertiary/aromatic N) is 2. The van der Waals surface area contributed by atoms with Crippen molar-refractivity contribution in [2.24, 2.45) is 22.7 Å². The van der Waals surface area contributed by atoms with Crippen molar-refractivity contribution in [1.82, 2.24) is 0 Å². The molecule has 0 aliphatic heterocycles. The monoisotopic (exact) mass is 278 g/mol. The number of para-hydroxylation sites is 2. The molecule has 1 aromatic rings. The highest BCUT2D eigenvalue weighted by molar-refractivity contribution is 6.08. The number of oxime groups is 1. The molecule has 20 heavy (non-hydrogen) atoms. The number of hydrogen-bond donors (Lipinski definition) is 3. The van der Waals surface area contributed by atoms with E-state index >= 15 is 0 Å². The highest BCUT2D eigenvalue weighted by Gasteiger charge is 2.27. The smallest absolute Gasteiger partial charge is 0.235 e. The van der Waals surface area contributed by atoms with Gasteiger partial charge in [-0.05, 0) is 18.1 Å². The van der Waals surface area contributed by atoms with Crippen molar-refractivity contribution in [3.8, 4) is 0 Å². The predicted octanol–water partition coefficient (Wildman–Crippen LogP) is 1.71. The Bertz CT molecular complexity index is 498. The Morgan fingerprint density at radius 3 is 2.45 bits per heavy atom. The van der Waals surface area contributed by atoms with Gasteiger partial charge in [0.25, 0.3) is 0 Å². The number of nitrogens with two attached hydrogens (primary N) is 1. The topological polar surface area (TPSA) is 91.0 Å². The fourth-order valence-electron chi connectivity index (χ4n) is 2.02. The van der Waals surface area contributed by atoms with E-state index in [1.54, 1.807) is 0 Å². The minimum atomic E-state index is -0.671. The maximum atomic E-state index is 12.3. The van der Waals surface area contributed by atoms with Gasteiger partial charge in [0.05, 0.1) is 11.4 Å². The van der Waals surface area contributed by atoms with Crippen molar-refractivity contribution in [2.45, 2.75) is 13.8 Å². The third-order valence-electron chi connectivity index (χ3n) is 3.03. The largest absolute Gasteiger partial charge is 0.409 e. The molecule has 6 heteroatoms. The molecule has 0 aromatic heterocycles. The lowest BCUT2D eigenvalue weighted by Crippen LogP contribution is -2.38. The first kappa shape index (κ1) is 15.8. The van der Waals surface area contributed by atoms with E-state index in [9.17, 15) is 4.79 Å². The van der Waals surface area contributed by atoms with E-state index in [2.05, 4.69) is 10.5 Å². The van der Waals surface area contributed by atoms with Gasteiger partial charge < -0.3 is 21.2 Å². The van der Waals surface area contributed by atoms with E-state index in [0.717, 1.165) is 5.69 Å². The SMILES string of the molecule is CC(C)C(C(=O)Nc1ccccc1N(C)C)/C(N)=N/O. The number of amidine groups is 1. The summed E-state index contributed by atoms with van der Waals surface area (Å²) >= 11 is 0. The number of carbonyl (C=O) groups is 1. The molecule has 0 radical (unpaired) electrons. The van der Waals surface area contributed by atoms with Gasteiger partial charge in [0.2, 0.25) is 5.91 Å². The van der Waals surface area contributed by atoms with Crippen LogP contribution in [-0.4, -0.2) is 31.0 Å². The molecular weight excluding hydrogens is 256 g/mol. The van der Waals surface area contributed by atoms with Crippen LogP contribution in [0.3, 0.4) is 0 Å². The van der Waals surface area contributed by atoms with Crippen LogP contribution in [0.5, 0.6) is 0 Å². The fraction of sp³-hybridized carbons (Fsp3) is 0.429. The molecule has 1 unspecified atom stereocenters. The van der Waals surface area contributed by atoms with Gasteiger partial charge in [-0.1, -0.05) is 31.1 Å². The van der Waals surface area contributed by atoms with E-state index in [1.165, 1.54) is 0 Å². The molecule has 0 bridgehead atoms. The zero-order valence-electron chi connectivity index (χ0n) is 12.3. The lowest BCUT2D eigenvalue weighted by molar-refractivity contribution is -0.119. The van der Waals surface area contributed by atoms with Gasteiger partial charge in [-0.25, -0.2) is 0 Å². The summed E-state index contributed by atoms with van der Waals surface area (Å²) in [5, 5.41) is 14.6. The molecule has 4 N–H and O–H groups in total. The molecule has 0 saturated heterocycles. The lowest BCUT2D eigenvalue weighted by Gasteiger charge is -2.22. The molecule has 1 atom stereocenters. The Morgan fingerprint density at radius 2 is 1.95 bits per heavy atom. The molecule has 0 fully saturated rings. The first-order valence-electron chi connectivity index (χ1n) is 6.43. The first-order valence-corrected chi connectivity index (χ1v) is 6.43.